The van der Waals surface area contributed by atoms with E-state index in [2.05, 4.69) is 154 Å². The molecule has 6 heteroatoms. The number of carbonyl (C=O) groups excluding carboxylic acids is 3. The minimum absolute atomic E-state index is 0.0969. The highest BCUT2D eigenvalue weighted by molar-refractivity contribution is 5.71. The lowest BCUT2D eigenvalue weighted by molar-refractivity contribution is -0.167. The number of carbonyl (C=O) groups is 3. The topological polar surface area (TPSA) is 78.9 Å². The first-order chi connectivity index (χ1) is 39.5. The molecule has 0 aromatic heterocycles. The molecular weight excluding hydrogens is 985 g/mol. The molecule has 0 bridgehead atoms. The van der Waals surface area contributed by atoms with Gasteiger partial charge in [0.15, 0.2) is 6.10 Å². The van der Waals surface area contributed by atoms with Crippen LogP contribution in [0.25, 0.3) is 0 Å². The fourth-order valence-electron chi connectivity index (χ4n) is 8.92. The summed E-state index contributed by atoms with van der Waals surface area (Å²) < 4.78 is 16.9. The average Bonchev–Trinajstić information content (AvgIpc) is 3.46. The number of esters is 3. The van der Waals surface area contributed by atoms with Gasteiger partial charge < -0.3 is 14.2 Å². The van der Waals surface area contributed by atoms with E-state index in [4.69, 9.17) is 14.2 Å². The molecule has 0 aliphatic carbocycles. The van der Waals surface area contributed by atoms with Crippen LogP contribution >= 0.6 is 0 Å². The highest BCUT2D eigenvalue weighted by Gasteiger charge is 2.19. The SMILES string of the molecule is CC/C=C\C/C=C\C/C=C\C/C=C\C/C=C\C/C=C\C/C=C\C/C=C\C/C=C\CCCCCC(=O)OCC(COC(=O)CCCCCCC/C=C\C/C=C\CCCC)OC(=O)CCCCCCCCCCCCCCCCCCC. The first-order valence-electron chi connectivity index (χ1n) is 33.2. The Morgan fingerprint density at radius 2 is 0.500 bits per heavy atom. The van der Waals surface area contributed by atoms with E-state index in [1.54, 1.807) is 0 Å². The van der Waals surface area contributed by atoms with E-state index < -0.39 is 6.10 Å². The van der Waals surface area contributed by atoms with Gasteiger partial charge in [-0.2, -0.15) is 0 Å². The first-order valence-corrected chi connectivity index (χ1v) is 33.2. The number of rotatable bonds is 59. The number of allylic oxidation sites excluding steroid dienone is 22. The molecule has 0 aromatic carbocycles. The van der Waals surface area contributed by atoms with Gasteiger partial charge in [0.1, 0.15) is 13.2 Å². The molecule has 6 nitrogen and oxygen atoms in total. The Labute approximate surface area is 494 Å². The highest BCUT2D eigenvalue weighted by Crippen LogP contribution is 2.16. The van der Waals surface area contributed by atoms with Gasteiger partial charge >= 0.3 is 17.9 Å². The van der Waals surface area contributed by atoms with E-state index in [-0.39, 0.29) is 31.1 Å². The second kappa shape index (κ2) is 67.1. The van der Waals surface area contributed by atoms with Crippen molar-refractivity contribution in [2.45, 2.75) is 303 Å². The van der Waals surface area contributed by atoms with E-state index in [1.807, 2.05) is 0 Å². The fraction of sp³-hybridized carbons (Fsp3) is 0.662. The van der Waals surface area contributed by atoms with Crippen LogP contribution < -0.4 is 0 Å². The van der Waals surface area contributed by atoms with Crippen molar-refractivity contribution in [2.75, 3.05) is 13.2 Å². The van der Waals surface area contributed by atoms with Gasteiger partial charge in [0.05, 0.1) is 0 Å². The Morgan fingerprint density at radius 3 is 0.812 bits per heavy atom. The third kappa shape index (κ3) is 64.4. The Hall–Kier alpha value is -4.45. The minimum atomic E-state index is -0.801. The summed E-state index contributed by atoms with van der Waals surface area (Å²) in [6, 6.07) is 0. The van der Waals surface area contributed by atoms with Crippen LogP contribution in [-0.4, -0.2) is 37.2 Å². The molecule has 0 fully saturated rings. The Bertz CT molecular complexity index is 1700. The predicted octanol–water partition coefficient (Wildman–Crippen LogP) is 22.9. The molecule has 0 radical (unpaired) electrons. The highest BCUT2D eigenvalue weighted by atomic mass is 16.6. The molecule has 0 heterocycles. The Kier molecular flexibility index (Phi) is 63.3. The van der Waals surface area contributed by atoms with Crippen LogP contribution in [0, 0.1) is 0 Å². The van der Waals surface area contributed by atoms with E-state index in [9.17, 15) is 14.4 Å². The van der Waals surface area contributed by atoms with Crippen molar-refractivity contribution in [2.24, 2.45) is 0 Å². The van der Waals surface area contributed by atoms with Crippen LogP contribution in [0.1, 0.15) is 297 Å². The van der Waals surface area contributed by atoms with Gasteiger partial charge in [0.25, 0.3) is 0 Å². The van der Waals surface area contributed by atoms with Crippen LogP contribution in [-0.2, 0) is 28.6 Å². The molecule has 1 atom stereocenters. The third-order valence-electron chi connectivity index (χ3n) is 13.9. The zero-order valence-corrected chi connectivity index (χ0v) is 52.0. The third-order valence-corrected chi connectivity index (χ3v) is 13.9. The molecule has 0 aromatic rings. The quantitative estimate of drug-likeness (QED) is 0.0261. The summed E-state index contributed by atoms with van der Waals surface area (Å²) in [6.45, 7) is 6.46. The summed E-state index contributed by atoms with van der Waals surface area (Å²) in [5, 5.41) is 0. The van der Waals surface area contributed by atoms with Gasteiger partial charge in [-0.05, 0) is 116 Å². The molecule has 0 aliphatic heterocycles. The van der Waals surface area contributed by atoms with Crippen molar-refractivity contribution < 1.29 is 28.6 Å². The first kappa shape index (κ1) is 75.5. The standard InChI is InChI=1S/C74H122O6/c1-4-7-10-13-16-19-22-25-28-30-31-32-33-34-35-36-37-38-39-40-41-42-43-45-46-49-52-55-58-61-64-67-73(76)79-70-71(69-78-72(75)66-63-60-57-54-51-48-27-24-21-18-15-12-9-6-3)80-74(77)68-65-62-59-56-53-50-47-44-29-26-23-20-17-14-11-8-5-2/h7,10,15-16,18-19,24-25,27-28,31-32,34-35,37-38,40-41,43,45,49,52,71H,4-6,8-9,11-14,17,20-23,26,29-30,33,36,39,42,44,46-48,50-51,53-70H2,1-3H3/b10-7-,18-15-,19-16-,27-24-,28-25-,32-31-,35-34-,38-37-,41-40-,45-43-,52-49-. The summed E-state index contributed by atoms with van der Waals surface area (Å²) >= 11 is 0. The van der Waals surface area contributed by atoms with Crippen LogP contribution in [0.3, 0.4) is 0 Å². The van der Waals surface area contributed by atoms with E-state index >= 15 is 0 Å². The Morgan fingerprint density at radius 1 is 0.263 bits per heavy atom. The minimum Gasteiger partial charge on any atom is -0.462 e. The van der Waals surface area contributed by atoms with Gasteiger partial charge in [0, 0.05) is 19.3 Å². The van der Waals surface area contributed by atoms with Gasteiger partial charge in [-0.3, -0.25) is 14.4 Å². The maximum atomic E-state index is 12.9. The molecule has 80 heavy (non-hydrogen) atoms. The molecule has 1 unspecified atom stereocenters. The van der Waals surface area contributed by atoms with Gasteiger partial charge in [-0.1, -0.05) is 296 Å². The molecule has 0 rings (SSSR count). The van der Waals surface area contributed by atoms with E-state index in [0.29, 0.717) is 19.3 Å². The monoisotopic (exact) mass is 1110 g/mol. The van der Waals surface area contributed by atoms with Crippen molar-refractivity contribution in [3.05, 3.63) is 134 Å². The molecule has 454 valence electrons. The smallest absolute Gasteiger partial charge is 0.306 e. The lowest BCUT2D eigenvalue weighted by Crippen LogP contribution is -2.30. The number of ether oxygens (including phenoxy) is 3. The van der Waals surface area contributed by atoms with Crippen molar-refractivity contribution >= 4 is 17.9 Å². The van der Waals surface area contributed by atoms with Crippen LogP contribution in [0.2, 0.25) is 0 Å². The maximum absolute atomic E-state index is 12.9. The van der Waals surface area contributed by atoms with Crippen molar-refractivity contribution in [3.63, 3.8) is 0 Å². The summed E-state index contributed by atoms with van der Waals surface area (Å²) in [6.07, 6.45) is 94.6. The van der Waals surface area contributed by atoms with Crippen molar-refractivity contribution in [1.82, 2.24) is 0 Å². The molecule has 0 saturated heterocycles. The number of hydrogen-bond donors (Lipinski definition) is 0. The van der Waals surface area contributed by atoms with E-state index in [0.717, 1.165) is 148 Å². The van der Waals surface area contributed by atoms with Crippen LogP contribution in [0.15, 0.2) is 134 Å². The zero-order chi connectivity index (χ0) is 57.8. The molecule has 0 amide bonds. The molecular formula is C74H122O6. The molecule has 0 spiro atoms. The lowest BCUT2D eigenvalue weighted by atomic mass is 10.0. The summed E-state index contributed by atoms with van der Waals surface area (Å²) in [4.78, 5) is 38.3. The number of hydrogen-bond acceptors (Lipinski definition) is 6. The number of unbranched alkanes of at least 4 members (excludes halogenated alkanes) is 26. The average molecular weight is 1110 g/mol. The molecule has 0 saturated carbocycles. The second-order valence-electron chi connectivity index (χ2n) is 21.6. The maximum Gasteiger partial charge on any atom is 0.306 e. The second-order valence-corrected chi connectivity index (χ2v) is 21.6. The Balaban J connectivity index is 4.39. The largest absolute Gasteiger partial charge is 0.462 e. The van der Waals surface area contributed by atoms with Crippen molar-refractivity contribution in [1.29, 1.82) is 0 Å². The van der Waals surface area contributed by atoms with Crippen molar-refractivity contribution in [3.8, 4) is 0 Å². The normalized spacial score (nSPS) is 13.0. The zero-order valence-electron chi connectivity index (χ0n) is 52.0. The summed E-state index contributed by atoms with van der Waals surface area (Å²) in [5.74, 6) is -0.937. The van der Waals surface area contributed by atoms with Crippen LogP contribution in [0.5, 0.6) is 0 Å². The van der Waals surface area contributed by atoms with Gasteiger partial charge in [-0.25, -0.2) is 0 Å². The van der Waals surface area contributed by atoms with Crippen LogP contribution in [0.4, 0.5) is 0 Å². The lowest BCUT2D eigenvalue weighted by Gasteiger charge is -2.18. The van der Waals surface area contributed by atoms with E-state index in [1.165, 1.54) is 109 Å². The predicted molar refractivity (Wildman–Crippen MR) is 348 cm³/mol. The van der Waals surface area contributed by atoms with Gasteiger partial charge in [-0.15, -0.1) is 0 Å². The van der Waals surface area contributed by atoms with Gasteiger partial charge in [0.2, 0.25) is 0 Å². The molecule has 0 N–H and O–H groups in total. The molecule has 0 aliphatic rings. The summed E-state index contributed by atoms with van der Waals surface area (Å²) in [5.41, 5.74) is 0. The fourth-order valence-corrected chi connectivity index (χ4v) is 8.92. The summed E-state index contributed by atoms with van der Waals surface area (Å²) in [7, 11) is 0.